The lowest BCUT2D eigenvalue weighted by Crippen LogP contribution is -2.18. The summed E-state index contributed by atoms with van der Waals surface area (Å²) in [5.41, 5.74) is -0.407. The van der Waals surface area contributed by atoms with Crippen LogP contribution in [0.4, 0.5) is 13.2 Å². The molecule has 0 radical (unpaired) electrons. The van der Waals surface area contributed by atoms with Crippen molar-refractivity contribution in [1.29, 1.82) is 0 Å². The molecule has 108 valence electrons. The first kappa shape index (κ1) is 13.2. The van der Waals surface area contributed by atoms with Gasteiger partial charge in [-0.05, 0) is 18.2 Å². The summed E-state index contributed by atoms with van der Waals surface area (Å²) in [6, 6.07) is 4.94. The third-order valence-electron chi connectivity index (χ3n) is 2.62. The Balaban J connectivity index is 2.13. The molecule has 3 aromatic rings. The molecule has 6 nitrogen and oxygen atoms in total. The van der Waals surface area contributed by atoms with Gasteiger partial charge >= 0.3 is 6.36 Å². The van der Waals surface area contributed by atoms with Crippen molar-refractivity contribution in [1.82, 2.24) is 19.7 Å². The highest BCUT2D eigenvalue weighted by Gasteiger charge is 2.31. The van der Waals surface area contributed by atoms with Crippen LogP contribution in [0.3, 0.4) is 0 Å². The number of ether oxygens (including phenoxy) is 1. The van der Waals surface area contributed by atoms with Crippen LogP contribution in [0.15, 0.2) is 41.5 Å². The average molecular weight is 296 g/mol. The largest absolute Gasteiger partial charge is 0.573 e. The molecular formula is C12H7F3N4O2. The molecular weight excluding hydrogens is 289 g/mol. The van der Waals surface area contributed by atoms with Gasteiger partial charge in [-0.1, -0.05) is 0 Å². The van der Waals surface area contributed by atoms with Crippen molar-refractivity contribution in [2.45, 2.75) is 6.36 Å². The van der Waals surface area contributed by atoms with Crippen LogP contribution in [-0.2, 0) is 0 Å². The number of halogens is 3. The first-order valence-corrected chi connectivity index (χ1v) is 5.72. The van der Waals surface area contributed by atoms with E-state index in [-0.39, 0.29) is 16.9 Å². The molecule has 0 bridgehead atoms. The molecule has 0 aliphatic heterocycles. The Morgan fingerprint density at radius 3 is 2.76 bits per heavy atom. The predicted octanol–water partition coefficient (Wildman–Crippen LogP) is 2.01. The molecule has 0 aliphatic carbocycles. The van der Waals surface area contributed by atoms with Gasteiger partial charge in [-0.3, -0.25) is 9.78 Å². The van der Waals surface area contributed by atoms with E-state index in [1.165, 1.54) is 16.9 Å². The van der Waals surface area contributed by atoms with E-state index in [1.54, 1.807) is 12.3 Å². The molecule has 21 heavy (non-hydrogen) atoms. The molecule has 0 fully saturated rings. The van der Waals surface area contributed by atoms with Gasteiger partial charge in [0.05, 0.1) is 10.9 Å². The first-order chi connectivity index (χ1) is 9.92. The summed E-state index contributed by atoms with van der Waals surface area (Å²) < 4.78 is 41.7. The van der Waals surface area contributed by atoms with Gasteiger partial charge in [0, 0.05) is 18.5 Å². The molecule has 0 saturated heterocycles. The van der Waals surface area contributed by atoms with Gasteiger partial charge in [0.15, 0.2) is 0 Å². The summed E-state index contributed by atoms with van der Waals surface area (Å²) in [4.78, 5) is 18.4. The number of alkyl halides is 3. The fourth-order valence-corrected chi connectivity index (χ4v) is 1.81. The summed E-state index contributed by atoms with van der Waals surface area (Å²) in [5, 5.41) is 4.04. The molecule has 9 heteroatoms. The zero-order valence-electron chi connectivity index (χ0n) is 10.3. The lowest BCUT2D eigenvalue weighted by Gasteiger charge is -2.09. The second kappa shape index (κ2) is 4.62. The van der Waals surface area contributed by atoms with Gasteiger partial charge in [-0.15, -0.1) is 13.2 Å². The summed E-state index contributed by atoms with van der Waals surface area (Å²) in [6.45, 7) is 0. The summed E-state index contributed by atoms with van der Waals surface area (Å²) >= 11 is 0. The SMILES string of the molecule is O=c1[nH]c(-n2cccn2)nc2cc(OC(F)(F)F)ccc12. The van der Waals surface area contributed by atoms with Crippen LogP contribution >= 0.6 is 0 Å². The fraction of sp³-hybridized carbons (Fsp3) is 0.0833. The van der Waals surface area contributed by atoms with E-state index >= 15 is 0 Å². The van der Waals surface area contributed by atoms with Crippen LogP contribution < -0.4 is 10.3 Å². The Bertz CT molecular complexity index is 840. The lowest BCUT2D eigenvalue weighted by atomic mass is 10.2. The third kappa shape index (κ3) is 2.71. The van der Waals surface area contributed by atoms with Gasteiger partial charge in [0.2, 0.25) is 5.95 Å². The summed E-state index contributed by atoms with van der Waals surface area (Å²) in [6.07, 6.45) is -1.78. The molecule has 1 aromatic carbocycles. The molecule has 0 amide bonds. The Kier molecular flexibility index (Phi) is 2.89. The van der Waals surface area contributed by atoms with Gasteiger partial charge in [0.1, 0.15) is 5.75 Å². The van der Waals surface area contributed by atoms with Crippen LogP contribution in [0.25, 0.3) is 16.9 Å². The molecule has 3 rings (SSSR count). The Hall–Kier alpha value is -2.84. The minimum atomic E-state index is -4.81. The molecule has 0 atom stereocenters. The number of aromatic amines is 1. The van der Waals surface area contributed by atoms with Gasteiger partial charge in [0.25, 0.3) is 5.56 Å². The van der Waals surface area contributed by atoms with Crippen molar-refractivity contribution in [3.63, 3.8) is 0 Å². The smallest absolute Gasteiger partial charge is 0.406 e. The number of aromatic nitrogens is 4. The average Bonchev–Trinajstić information content (AvgIpc) is 2.90. The number of H-pyrrole nitrogens is 1. The highest BCUT2D eigenvalue weighted by atomic mass is 19.4. The lowest BCUT2D eigenvalue weighted by molar-refractivity contribution is -0.274. The van der Waals surface area contributed by atoms with Crippen molar-refractivity contribution in [2.24, 2.45) is 0 Å². The number of benzene rings is 1. The molecule has 0 unspecified atom stereocenters. The summed E-state index contributed by atoms with van der Waals surface area (Å²) in [7, 11) is 0. The van der Waals surface area contributed by atoms with E-state index in [9.17, 15) is 18.0 Å². The van der Waals surface area contributed by atoms with E-state index in [0.717, 1.165) is 12.1 Å². The number of nitrogens with zero attached hydrogens (tertiary/aromatic N) is 3. The Morgan fingerprint density at radius 1 is 1.29 bits per heavy atom. The molecule has 2 heterocycles. The number of fused-ring (bicyclic) bond motifs is 1. The molecule has 0 saturated carbocycles. The maximum atomic E-state index is 12.2. The van der Waals surface area contributed by atoms with Crippen molar-refractivity contribution in [3.05, 3.63) is 47.0 Å². The van der Waals surface area contributed by atoms with E-state index in [1.807, 2.05) is 0 Å². The Labute approximate surface area is 114 Å². The van der Waals surface area contributed by atoms with Crippen molar-refractivity contribution < 1.29 is 17.9 Å². The minimum absolute atomic E-state index is 0.0750. The third-order valence-corrected chi connectivity index (χ3v) is 2.62. The van der Waals surface area contributed by atoms with Crippen LogP contribution in [0, 0.1) is 0 Å². The Morgan fingerprint density at radius 2 is 2.10 bits per heavy atom. The minimum Gasteiger partial charge on any atom is -0.406 e. The normalized spacial score (nSPS) is 11.8. The van der Waals surface area contributed by atoms with Crippen LogP contribution in [0.2, 0.25) is 0 Å². The quantitative estimate of drug-likeness (QED) is 0.785. The molecule has 2 aromatic heterocycles. The second-order valence-electron chi connectivity index (χ2n) is 4.07. The number of rotatable bonds is 2. The van der Waals surface area contributed by atoms with E-state index in [0.29, 0.717) is 0 Å². The number of hydrogen-bond acceptors (Lipinski definition) is 4. The van der Waals surface area contributed by atoms with Gasteiger partial charge in [-0.25, -0.2) is 9.67 Å². The fourth-order valence-electron chi connectivity index (χ4n) is 1.81. The van der Waals surface area contributed by atoms with E-state index in [4.69, 9.17) is 0 Å². The molecule has 1 N–H and O–H groups in total. The maximum Gasteiger partial charge on any atom is 0.573 e. The zero-order valence-corrected chi connectivity index (χ0v) is 10.3. The number of nitrogens with one attached hydrogen (secondary N) is 1. The van der Waals surface area contributed by atoms with Gasteiger partial charge in [-0.2, -0.15) is 5.10 Å². The van der Waals surface area contributed by atoms with Gasteiger partial charge < -0.3 is 4.74 Å². The first-order valence-electron chi connectivity index (χ1n) is 5.72. The van der Waals surface area contributed by atoms with E-state index in [2.05, 4.69) is 19.8 Å². The predicted molar refractivity (Wildman–Crippen MR) is 66.2 cm³/mol. The monoisotopic (exact) mass is 296 g/mol. The van der Waals surface area contributed by atoms with Crippen molar-refractivity contribution >= 4 is 10.9 Å². The van der Waals surface area contributed by atoms with Crippen molar-refractivity contribution in [2.75, 3.05) is 0 Å². The number of hydrogen-bond donors (Lipinski definition) is 1. The second-order valence-corrected chi connectivity index (χ2v) is 4.07. The zero-order chi connectivity index (χ0) is 15.0. The van der Waals surface area contributed by atoms with Crippen LogP contribution in [-0.4, -0.2) is 26.1 Å². The van der Waals surface area contributed by atoms with Crippen LogP contribution in [0.1, 0.15) is 0 Å². The van der Waals surface area contributed by atoms with Crippen molar-refractivity contribution in [3.8, 4) is 11.7 Å². The maximum absolute atomic E-state index is 12.2. The molecule has 0 aliphatic rings. The highest BCUT2D eigenvalue weighted by molar-refractivity contribution is 5.79. The summed E-state index contributed by atoms with van der Waals surface area (Å²) in [5.74, 6) is -0.346. The van der Waals surface area contributed by atoms with Crippen LogP contribution in [0.5, 0.6) is 5.75 Å². The highest BCUT2D eigenvalue weighted by Crippen LogP contribution is 2.24. The molecule has 0 spiro atoms. The van der Waals surface area contributed by atoms with E-state index < -0.39 is 17.7 Å². The topological polar surface area (TPSA) is 72.8 Å². The standard InChI is InChI=1S/C12H7F3N4O2/c13-12(14,15)21-7-2-3-8-9(6-7)17-11(18-10(8)20)19-5-1-4-16-19/h1-6H,(H,17,18,20).